The lowest BCUT2D eigenvalue weighted by Crippen LogP contribution is -2.09. The summed E-state index contributed by atoms with van der Waals surface area (Å²) in [4.78, 5) is 12.4. The molecule has 0 bridgehead atoms. The predicted molar refractivity (Wildman–Crippen MR) is 107 cm³/mol. The second-order valence-corrected chi connectivity index (χ2v) is 7.91. The van der Waals surface area contributed by atoms with Crippen molar-refractivity contribution < 1.29 is 17.0 Å². The summed E-state index contributed by atoms with van der Waals surface area (Å²) >= 11 is 0. The summed E-state index contributed by atoms with van der Waals surface area (Å²) in [6.45, 7) is 1.87. The molecule has 0 aliphatic rings. The smallest absolute Gasteiger partial charge is 0.344 e. The van der Waals surface area contributed by atoms with E-state index in [1.165, 1.54) is 24.3 Å². The molecule has 0 unspecified atom stereocenters. The molecule has 0 atom stereocenters. The summed E-state index contributed by atoms with van der Waals surface area (Å²) < 4.78 is 35.5. The summed E-state index contributed by atoms with van der Waals surface area (Å²) in [6.07, 6.45) is 0. The zero-order chi connectivity index (χ0) is 19.7. The van der Waals surface area contributed by atoms with Gasteiger partial charge in [-0.2, -0.15) is 8.42 Å². The fourth-order valence-corrected chi connectivity index (χ4v) is 3.76. The highest BCUT2D eigenvalue weighted by molar-refractivity contribution is 7.87. The normalized spacial score (nSPS) is 11.5. The van der Waals surface area contributed by atoms with Crippen molar-refractivity contribution in [1.82, 2.24) is 0 Å². The monoisotopic (exact) mass is 392 g/mol. The van der Waals surface area contributed by atoms with E-state index < -0.39 is 15.7 Å². The van der Waals surface area contributed by atoms with E-state index in [-0.39, 0.29) is 16.2 Å². The largest absolute Gasteiger partial charge is 0.422 e. The molecular formula is C22H16O5S. The molecule has 0 aliphatic heterocycles. The SMILES string of the molecule is Cc1ccc(S(=O)(=O)Oc2ccc3cc(-c4ccccc4)c(=O)oc3c2)cc1. The van der Waals surface area contributed by atoms with Crippen molar-refractivity contribution in [3.8, 4) is 16.9 Å². The van der Waals surface area contributed by atoms with Crippen LogP contribution in [0.3, 0.4) is 0 Å². The summed E-state index contributed by atoms with van der Waals surface area (Å²) in [5, 5.41) is 0.665. The van der Waals surface area contributed by atoms with Crippen LogP contribution in [0.5, 0.6) is 5.75 Å². The molecule has 0 saturated heterocycles. The van der Waals surface area contributed by atoms with Crippen molar-refractivity contribution in [3.05, 3.63) is 94.8 Å². The van der Waals surface area contributed by atoms with Gasteiger partial charge < -0.3 is 8.60 Å². The van der Waals surface area contributed by atoms with Gasteiger partial charge in [0.1, 0.15) is 16.2 Å². The Morgan fingerprint density at radius 1 is 0.857 bits per heavy atom. The highest BCUT2D eigenvalue weighted by atomic mass is 32.2. The number of hydrogen-bond donors (Lipinski definition) is 0. The minimum atomic E-state index is -3.98. The molecule has 1 heterocycles. The topological polar surface area (TPSA) is 73.6 Å². The number of benzene rings is 3. The summed E-state index contributed by atoms with van der Waals surface area (Å²) in [6, 6.07) is 21.9. The van der Waals surface area contributed by atoms with Crippen molar-refractivity contribution >= 4 is 21.1 Å². The van der Waals surface area contributed by atoms with Crippen LogP contribution in [-0.4, -0.2) is 8.42 Å². The van der Waals surface area contributed by atoms with Crippen molar-refractivity contribution in [1.29, 1.82) is 0 Å². The minimum Gasteiger partial charge on any atom is -0.422 e. The third-order valence-corrected chi connectivity index (χ3v) is 5.57. The number of aryl methyl sites for hydroxylation is 1. The van der Waals surface area contributed by atoms with Gasteiger partial charge >= 0.3 is 15.7 Å². The maximum absolute atomic E-state index is 12.4. The Bertz CT molecular complexity index is 1300. The van der Waals surface area contributed by atoms with Gasteiger partial charge in [-0.3, -0.25) is 0 Å². The third-order valence-electron chi connectivity index (χ3n) is 4.31. The first kappa shape index (κ1) is 18.0. The van der Waals surface area contributed by atoms with Gasteiger partial charge in [-0.25, -0.2) is 4.79 Å². The van der Waals surface area contributed by atoms with Crippen LogP contribution >= 0.6 is 0 Å². The van der Waals surface area contributed by atoms with E-state index in [4.69, 9.17) is 8.60 Å². The lowest BCUT2D eigenvalue weighted by atomic mass is 10.1. The Morgan fingerprint density at radius 2 is 1.57 bits per heavy atom. The standard InChI is InChI=1S/C22H16O5S/c1-15-7-11-19(12-8-15)28(24,25)27-18-10-9-17-13-20(16-5-3-2-4-6-16)22(23)26-21(17)14-18/h2-14H,1H3. The van der Waals surface area contributed by atoms with Gasteiger partial charge in [-0.05, 0) is 42.8 Å². The molecule has 0 spiro atoms. The number of hydrogen-bond acceptors (Lipinski definition) is 5. The van der Waals surface area contributed by atoms with Gasteiger partial charge in [-0.1, -0.05) is 48.0 Å². The molecule has 0 N–H and O–H groups in total. The molecule has 4 aromatic rings. The van der Waals surface area contributed by atoms with Crippen LogP contribution in [0.4, 0.5) is 0 Å². The number of rotatable bonds is 4. The molecule has 4 rings (SSSR count). The van der Waals surface area contributed by atoms with Gasteiger partial charge in [0.05, 0.1) is 5.56 Å². The van der Waals surface area contributed by atoms with Gasteiger partial charge in [0.25, 0.3) is 0 Å². The first-order chi connectivity index (χ1) is 13.4. The Morgan fingerprint density at radius 3 is 2.29 bits per heavy atom. The Balaban J connectivity index is 1.70. The molecule has 5 nitrogen and oxygen atoms in total. The second-order valence-electron chi connectivity index (χ2n) is 6.36. The highest BCUT2D eigenvalue weighted by Gasteiger charge is 2.17. The molecule has 28 heavy (non-hydrogen) atoms. The quantitative estimate of drug-likeness (QED) is 0.377. The van der Waals surface area contributed by atoms with Crippen LogP contribution in [0.2, 0.25) is 0 Å². The Hall–Kier alpha value is -3.38. The van der Waals surface area contributed by atoms with Gasteiger partial charge in [0, 0.05) is 11.5 Å². The highest BCUT2D eigenvalue weighted by Crippen LogP contribution is 2.26. The molecule has 0 radical (unpaired) electrons. The summed E-state index contributed by atoms with van der Waals surface area (Å²) in [5.41, 5.74) is 1.88. The zero-order valence-corrected chi connectivity index (χ0v) is 15.8. The fourth-order valence-electron chi connectivity index (χ4n) is 2.84. The second kappa shape index (κ2) is 6.98. The van der Waals surface area contributed by atoms with E-state index in [0.29, 0.717) is 10.9 Å². The van der Waals surface area contributed by atoms with E-state index in [9.17, 15) is 13.2 Å². The van der Waals surface area contributed by atoms with Gasteiger partial charge in [-0.15, -0.1) is 0 Å². The van der Waals surface area contributed by atoms with E-state index in [2.05, 4.69) is 0 Å². The minimum absolute atomic E-state index is 0.0547. The van der Waals surface area contributed by atoms with Gasteiger partial charge in [0.2, 0.25) is 0 Å². The fraction of sp³-hybridized carbons (Fsp3) is 0.0455. The van der Waals surface area contributed by atoms with Crippen molar-refractivity contribution in [3.63, 3.8) is 0 Å². The molecular weight excluding hydrogens is 376 g/mol. The molecule has 140 valence electrons. The molecule has 0 saturated carbocycles. The first-order valence-electron chi connectivity index (χ1n) is 8.57. The van der Waals surface area contributed by atoms with Gasteiger partial charge in [0.15, 0.2) is 0 Å². The third kappa shape index (κ3) is 3.54. The summed E-state index contributed by atoms with van der Waals surface area (Å²) in [7, 11) is -3.98. The molecule has 0 fully saturated rings. The average Bonchev–Trinajstić information content (AvgIpc) is 2.68. The molecule has 0 amide bonds. The summed E-state index contributed by atoms with van der Waals surface area (Å²) in [5.74, 6) is 0.0729. The number of fused-ring (bicyclic) bond motifs is 1. The average molecular weight is 392 g/mol. The molecule has 6 heteroatoms. The zero-order valence-electron chi connectivity index (χ0n) is 15.0. The van der Waals surface area contributed by atoms with Crippen molar-refractivity contribution in [2.45, 2.75) is 11.8 Å². The van der Waals surface area contributed by atoms with Crippen LogP contribution in [0.15, 0.2) is 93.0 Å². The Kier molecular flexibility index (Phi) is 4.49. The lowest BCUT2D eigenvalue weighted by molar-refractivity contribution is 0.485. The lowest BCUT2D eigenvalue weighted by Gasteiger charge is -2.08. The van der Waals surface area contributed by atoms with E-state index in [1.54, 1.807) is 24.3 Å². The molecule has 0 aliphatic carbocycles. The molecule has 1 aromatic heterocycles. The maximum Gasteiger partial charge on any atom is 0.344 e. The van der Waals surface area contributed by atoms with E-state index in [0.717, 1.165) is 11.1 Å². The first-order valence-corrected chi connectivity index (χ1v) is 9.98. The Labute approximate surface area is 162 Å². The van der Waals surface area contributed by atoms with Crippen LogP contribution in [0.25, 0.3) is 22.1 Å². The van der Waals surface area contributed by atoms with E-state index >= 15 is 0 Å². The van der Waals surface area contributed by atoms with Crippen LogP contribution < -0.4 is 9.81 Å². The maximum atomic E-state index is 12.4. The van der Waals surface area contributed by atoms with E-state index in [1.807, 2.05) is 37.3 Å². The van der Waals surface area contributed by atoms with Crippen LogP contribution in [0.1, 0.15) is 5.56 Å². The van der Waals surface area contributed by atoms with Crippen molar-refractivity contribution in [2.24, 2.45) is 0 Å². The van der Waals surface area contributed by atoms with Crippen molar-refractivity contribution in [2.75, 3.05) is 0 Å². The molecule has 3 aromatic carbocycles. The van der Waals surface area contributed by atoms with Crippen LogP contribution in [0, 0.1) is 6.92 Å². The van der Waals surface area contributed by atoms with Crippen LogP contribution in [-0.2, 0) is 10.1 Å². The predicted octanol–water partition coefficient (Wildman–Crippen LogP) is 4.54.